The monoisotopic (exact) mass is 280 g/mol. The first-order chi connectivity index (χ1) is 10.2. The highest BCUT2D eigenvalue weighted by Crippen LogP contribution is 2.39. The number of fused-ring (bicyclic) bond motifs is 1. The number of benzene rings is 2. The molecule has 1 aliphatic heterocycles. The standard InChI is InChI=1S/C19H24N2/c1-3-17(20)16-9-5-7-11-19(16)21-14(2)12-13-15-8-4-6-10-18(15)21/h4-11,14,17H,3,12-13,20H2,1-2H3. The third-order valence-corrected chi connectivity index (χ3v) is 4.56. The molecular weight excluding hydrogens is 256 g/mol. The van der Waals surface area contributed by atoms with Crippen LogP contribution in [-0.2, 0) is 6.42 Å². The Morgan fingerprint density at radius 3 is 2.52 bits per heavy atom. The molecule has 0 saturated heterocycles. The quantitative estimate of drug-likeness (QED) is 0.892. The SMILES string of the molecule is CCC(N)c1ccccc1N1c2ccccc2CCC1C. The molecule has 2 nitrogen and oxygen atoms in total. The molecule has 2 N–H and O–H groups in total. The van der Waals surface area contributed by atoms with Crippen molar-refractivity contribution in [2.45, 2.75) is 45.2 Å². The number of rotatable bonds is 3. The van der Waals surface area contributed by atoms with Crippen LogP contribution in [0.3, 0.4) is 0 Å². The maximum atomic E-state index is 6.34. The predicted octanol–water partition coefficient (Wildman–Crippen LogP) is 4.57. The van der Waals surface area contributed by atoms with Crippen molar-refractivity contribution in [2.75, 3.05) is 4.90 Å². The van der Waals surface area contributed by atoms with Gasteiger partial charge in [-0.15, -0.1) is 0 Å². The molecule has 2 aromatic carbocycles. The molecule has 0 bridgehead atoms. The van der Waals surface area contributed by atoms with Gasteiger partial charge in [-0.3, -0.25) is 0 Å². The van der Waals surface area contributed by atoms with E-state index < -0.39 is 0 Å². The zero-order valence-electron chi connectivity index (χ0n) is 12.9. The van der Waals surface area contributed by atoms with Gasteiger partial charge in [0.25, 0.3) is 0 Å². The van der Waals surface area contributed by atoms with Gasteiger partial charge in [-0.05, 0) is 49.4 Å². The lowest BCUT2D eigenvalue weighted by molar-refractivity contribution is 0.610. The fraction of sp³-hybridized carbons (Fsp3) is 0.368. The van der Waals surface area contributed by atoms with E-state index in [0.717, 1.165) is 12.8 Å². The van der Waals surface area contributed by atoms with Crippen molar-refractivity contribution in [3.05, 3.63) is 59.7 Å². The lowest BCUT2D eigenvalue weighted by atomic mass is 9.93. The molecule has 2 atom stereocenters. The smallest absolute Gasteiger partial charge is 0.0461 e. The summed E-state index contributed by atoms with van der Waals surface area (Å²) in [6.45, 7) is 4.46. The van der Waals surface area contributed by atoms with Gasteiger partial charge in [0.05, 0.1) is 0 Å². The summed E-state index contributed by atoms with van der Waals surface area (Å²) in [7, 11) is 0. The average Bonchev–Trinajstić information content (AvgIpc) is 2.54. The maximum Gasteiger partial charge on any atom is 0.0461 e. The molecule has 2 unspecified atom stereocenters. The molecule has 2 aromatic rings. The van der Waals surface area contributed by atoms with E-state index >= 15 is 0 Å². The van der Waals surface area contributed by atoms with E-state index in [0.29, 0.717) is 6.04 Å². The Balaban J connectivity index is 2.12. The third-order valence-electron chi connectivity index (χ3n) is 4.56. The number of hydrogen-bond acceptors (Lipinski definition) is 2. The number of para-hydroxylation sites is 2. The second-order valence-corrected chi connectivity index (χ2v) is 5.96. The zero-order valence-corrected chi connectivity index (χ0v) is 12.9. The number of anilines is 2. The van der Waals surface area contributed by atoms with E-state index in [1.54, 1.807) is 0 Å². The summed E-state index contributed by atoms with van der Waals surface area (Å²) in [4.78, 5) is 2.48. The molecule has 21 heavy (non-hydrogen) atoms. The Morgan fingerprint density at radius 2 is 1.76 bits per heavy atom. The van der Waals surface area contributed by atoms with Gasteiger partial charge in [0, 0.05) is 23.5 Å². The van der Waals surface area contributed by atoms with Gasteiger partial charge in [-0.2, -0.15) is 0 Å². The molecule has 110 valence electrons. The molecule has 1 heterocycles. The van der Waals surface area contributed by atoms with Gasteiger partial charge in [0.2, 0.25) is 0 Å². The van der Waals surface area contributed by atoms with Crippen molar-refractivity contribution in [3.63, 3.8) is 0 Å². The molecule has 0 amide bonds. The number of nitrogens with two attached hydrogens (primary N) is 1. The minimum absolute atomic E-state index is 0.0995. The fourth-order valence-electron chi connectivity index (χ4n) is 3.30. The molecule has 0 radical (unpaired) electrons. The number of nitrogens with zero attached hydrogens (tertiary/aromatic N) is 1. The van der Waals surface area contributed by atoms with Crippen molar-refractivity contribution in [1.82, 2.24) is 0 Å². The summed E-state index contributed by atoms with van der Waals surface area (Å²) in [6.07, 6.45) is 3.31. The minimum atomic E-state index is 0.0995. The normalized spacial score (nSPS) is 19.2. The first kappa shape index (κ1) is 14.2. The lowest BCUT2D eigenvalue weighted by Crippen LogP contribution is -2.34. The summed E-state index contributed by atoms with van der Waals surface area (Å²) < 4.78 is 0. The van der Waals surface area contributed by atoms with Gasteiger partial charge in [0.15, 0.2) is 0 Å². The molecule has 0 fully saturated rings. The summed E-state index contributed by atoms with van der Waals surface area (Å²) in [5.41, 5.74) is 11.6. The van der Waals surface area contributed by atoms with Crippen LogP contribution in [0, 0.1) is 0 Å². The van der Waals surface area contributed by atoms with Crippen molar-refractivity contribution in [1.29, 1.82) is 0 Å². The Labute approximate surface area is 127 Å². The molecular formula is C19H24N2. The second kappa shape index (κ2) is 5.90. The fourth-order valence-corrected chi connectivity index (χ4v) is 3.30. The van der Waals surface area contributed by atoms with Crippen molar-refractivity contribution in [2.24, 2.45) is 5.73 Å². The summed E-state index contributed by atoms with van der Waals surface area (Å²) in [5.74, 6) is 0. The van der Waals surface area contributed by atoms with Gasteiger partial charge in [0.1, 0.15) is 0 Å². The predicted molar refractivity (Wildman–Crippen MR) is 90.0 cm³/mol. The Hall–Kier alpha value is -1.80. The average molecular weight is 280 g/mol. The summed E-state index contributed by atoms with van der Waals surface area (Å²) in [5, 5.41) is 0. The van der Waals surface area contributed by atoms with Crippen LogP contribution < -0.4 is 10.6 Å². The van der Waals surface area contributed by atoms with Crippen LogP contribution in [0.1, 0.15) is 43.9 Å². The number of hydrogen-bond donors (Lipinski definition) is 1. The van der Waals surface area contributed by atoms with Crippen molar-refractivity contribution in [3.8, 4) is 0 Å². The molecule has 2 heteroatoms. The Bertz CT molecular complexity index is 620. The maximum absolute atomic E-state index is 6.34. The second-order valence-electron chi connectivity index (χ2n) is 5.96. The third kappa shape index (κ3) is 2.56. The Morgan fingerprint density at radius 1 is 1.10 bits per heavy atom. The van der Waals surface area contributed by atoms with Crippen LogP contribution in [0.5, 0.6) is 0 Å². The number of aryl methyl sites for hydroxylation is 1. The van der Waals surface area contributed by atoms with E-state index in [9.17, 15) is 0 Å². The molecule has 1 aliphatic rings. The van der Waals surface area contributed by atoms with E-state index in [1.165, 1.54) is 28.9 Å². The summed E-state index contributed by atoms with van der Waals surface area (Å²) in [6, 6.07) is 17.9. The highest BCUT2D eigenvalue weighted by atomic mass is 15.2. The molecule has 0 aromatic heterocycles. The van der Waals surface area contributed by atoms with Gasteiger partial charge in [-0.25, -0.2) is 0 Å². The van der Waals surface area contributed by atoms with Crippen LogP contribution in [0.25, 0.3) is 0 Å². The molecule has 0 aliphatic carbocycles. The molecule has 0 saturated carbocycles. The van der Waals surface area contributed by atoms with Gasteiger partial charge < -0.3 is 10.6 Å². The van der Waals surface area contributed by atoms with Crippen molar-refractivity contribution < 1.29 is 0 Å². The lowest BCUT2D eigenvalue weighted by Gasteiger charge is -2.38. The van der Waals surface area contributed by atoms with E-state index in [1.807, 2.05) is 0 Å². The van der Waals surface area contributed by atoms with E-state index in [2.05, 4.69) is 67.3 Å². The first-order valence-corrected chi connectivity index (χ1v) is 7.94. The van der Waals surface area contributed by atoms with Crippen LogP contribution in [0.15, 0.2) is 48.5 Å². The van der Waals surface area contributed by atoms with Crippen LogP contribution >= 0.6 is 0 Å². The summed E-state index contributed by atoms with van der Waals surface area (Å²) >= 11 is 0. The highest BCUT2D eigenvalue weighted by Gasteiger charge is 2.26. The first-order valence-electron chi connectivity index (χ1n) is 7.94. The largest absolute Gasteiger partial charge is 0.338 e. The molecule has 0 spiro atoms. The van der Waals surface area contributed by atoms with Crippen LogP contribution in [-0.4, -0.2) is 6.04 Å². The zero-order chi connectivity index (χ0) is 14.8. The topological polar surface area (TPSA) is 29.3 Å². The minimum Gasteiger partial charge on any atom is -0.338 e. The van der Waals surface area contributed by atoms with Gasteiger partial charge >= 0.3 is 0 Å². The Kier molecular flexibility index (Phi) is 3.98. The van der Waals surface area contributed by atoms with E-state index in [-0.39, 0.29) is 6.04 Å². The van der Waals surface area contributed by atoms with Crippen LogP contribution in [0.2, 0.25) is 0 Å². The highest BCUT2D eigenvalue weighted by molar-refractivity contribution is 5.71. The van der Waals surface area contributed by atoms with Crippen molar-refractivity contribution >= 4 is 11.4 Å². The van der Waals surface area contributed by atoms with Crippen LogP contribution in [0.4, 0.5) is 11.4 Å². The molecule has 3 rings (SSSR count). The van der Waals surface area contributed by atoms with E-state index in [4.69, 9.17) is 5.73 Å². The van der Waals surface area contributed by atoms with Gasteiger partial charge in [-0.1, -0.05) is 43.3 Å².